The molecule has 0 radical (unpaired) electrons. The van der Waals surface area contributed by atoms with Gasteiger partial charge in [-0.2, -0.15) is 13.2 Å². The van der Waals surface area contributed by atoms with E-state index >= 15 is 0 Å². The van der Waals surface area contributed by atoms with E-state index in [-0.39, 0.29) is 22.6 Å². The highest BCUT2D eigenvalue weighted by atomic mass is 79.9. The molecule has 0 saturated heterocycles. The van der Waals surface area contributed by atoms with Gasteiger partial charge in [-0.25, -0.2) is 0 Å². The second-order valence-electron chi connectivity index (χ2n) is 2.39. The maximum atomic E-state index is 12.1. The largest absolute Gasteiger partial charge is 0.409 e. The SMILES string of the molecule is Cl.N[C@@H](c1ncccc1Br)C(F)(F)F. The Labute approximate surface area is 93.2 Å². The number of nitrogens with zero attached hydrogens (tertiary/aromatic N) is 1. The smallest absolute Gasteiger partial charge is 0.315 e. The van der Waals surface area contributed by atoms with E-state index in [2.05, 4.69) is 20.9 Å². The summed E-state index contributed by atoms with van der Waals surface area (Å²) in [7, 11) is 0. The fraction of sp³-hybridized carbons (Fsp3) is 0.286. The van der Waals surface area contributed by atoms with Crippen LogP contribution in [0.4, 0.5) is 13.2 Å². The van der Waals surface area contributed by atoms with E-state index in [4.69, 9.17) is 5.73 Å². The normalized spacial score (nSPS) is 13.2. The number of pyridine rings is 1. The van der Waals surface area contributed by atoms with Gasteiger partial charge in [0.15, 0.2) is 0 Å². The summed E-state index contributed by atoms with van der Waals surface area (Å²) >= 11 is 2.95. The minimum Gasteiger partial charge on any atom is -0.315 e. The lowest BCUT2D eigenvalue weighted by molar-refractivity contribution is -0.150. The molecule has 0 spiro atoms. The molecular weight excluding hydrogens is 284 g/mol. The average molecular weight is 291 g/mol. The van der Waals surface area contributed by atoms with Crippen LogP contribution in [0.2, 0.25) is 0 Å². The molecule has 0 amide bonds. The Kier molecular flexibility index (Phi) is 4.83. The van der Waals surface area contributed by atoms with E-state index in [9.17, 15) is 13.2 Å². The van der Waals surface area contributed by atoms with Gasteiger partial charge >= 0.3 is 6.18 Å². The Hall–Kier alpha value is -0.330. The standard InChI is InChI=1S/C7H6BrF3N2.ClH/c8-4-2-1-3-13-5(4)6(12)7(9,10)11;/h1-3,6H,12H2;1H/t6-;/m0./s1. The first-order chi connectivity index (χ1) is 5.93. The van der Waals surface area contributed by atoms with Gasteiger partial charge in [-0.15, -0.1) is 12.4 Å². The first-order valence-corrected chi connectivity index (χ1v) is 4.15. The highest BCUT2D eigenvalue weighted by Gasteiger charge is 2.39. The molecule has 1 rings (SSSR count). The second kappa shape index (κ2) is 4.95. The van der Waals surface area contributed by atoms with Crippen molar-refractivity contribution in [1.82, 2.24) is 4.98 Å². The first-order valence-electron chi connectivity index (χ1n) is 3.35. The van der Waals surface area contributed by atoms with Gasteiger partial charge in [-0.05, 0) is 28.1 Å². The molecule has 2 nitrogen and oxygen atoms in total. The summed E-state index contributed by atoms with van der Waals surface area (Å²) in [5.41, 5.74) is 4.76. The first kappa shape index (κ1) is 13.7. The van der Waals surface area contributed by atoms with Gasteiger partial charge in [0.2, 0.25) is 0 Å². The number of hydrogen-bond acceptors (Lipinski definition) is 2. The fourth-order valence-corrected chi connectivity index (χ4v) is 1.28. The van der Waals surface area contributed by atoms with Crippen LogP contribution >= 0.6 is 28.3 Å². The summed E-state index contributed by atoms with van der Waals surface area (Å²) in [6.45, 7) is 0. The van der Waals surface area contributed by atoms with Crippen LogP contribution < -0.4 is 5.73 Å². The van der Waals surface area contributed by atoms with Gasteiger partial charge in [-0.1, -0.05) is 0 Å². The van der Waals surface area contributed by atoms with E-state index < -0.39 is 12.2 Å². The van der Waals surface area contributed by atoms with Crippen LogP contribution in [0.25, 0.3) is 0 Å². The van der Waals surface area contributed by atoms with Crippen molar-refractivity contribution in [2.75, 3.05) is 0 Å². The minimum absolute atomic E-state index is 0. The highest BCUT2D eigenvalue weighted by molar-refractivity contribution is 9.10. The van der Waals surface area contributed by atoms with Crippen LogP contribution in [-0.4, -0.2) is 11.2 Å². The molecule has 14 heavy (non-hydrogen) atoms. The third-order valence-corrected chi connectivity index (χ3v) is 2.10. The van der Waals surface area contributed by atoms with Crippen molar-refractivity contribution in [2.24, 2.45) is 5.73 Å². The lowest BCUT2D eigenvalue weighted by atomic mass is 10.2. The van der Waals surface area contributed by atoms with Gasteiger partial charge < -0.3 is 5.73 Å². The molecule has 1 aromatic heterocycles. The molecule has 1 atom stereocenters. The summed E-state index contributed by atoms with van der Waals surface area (Å²) in [6.07, 6.45) is -3.19. The van der Waals surface area contributed by atoms with Gasteiger partial charge in [0.05, 0.1) is 5.69 Å². The van der Waals surface area contributed by atoms with Crippen LogP contribution in [0.5, 0.6) is 0 Å². The Morgan fingerprint density at radius 2 is 2.00 bits per heavy atom. The zero-order valence-corrected chi connectivity index (χ0v) is 9.16. The predicted octanol–water partition coefficient (Wildman–Crippen LogP) is 2.83. The summed E-state index contributed by atoms with van der Waals surface area (Å²) in [5, 5.41) is 0. The van der Waals surface area contributed by atoms with Crippen LogP contribution in [0.3, 0.4) is 0 Å². The van der Waals surface area contributed by atoms with Crippen LogP contribution in [-0.2, 0) is 0 Å². The molecule has 2 N–H and O–H groups in total. The number of alkyl halides is 3. The van der Waals surface area contributed by atoms with Gasteiger partial charge in [0.25, 0.3) is 0 Å². The van der Waals surface area contributed by atoms with Crippen molar-refractivity contribution in [3.05, 3.63) is 28.5 Å². The number of halogens is 5. The topological polar surface area (TPSA) is 38.9 Å². The molecule has 1 aromatic rings. The summed E-state index contributed by atoms with van der Waals surface area (Å²) < 4.78 is 36.7. The molecule has 0 aliphatic heterocycles. The zero-order chi connectivity index (χ0) is 10.1. The predicted molar refractivity (Wildman–Crippen MR) is 52.2 cm³/mol. The third-order valence-electron chi connectivity index (χ3n) is 1.43. The molecule has 7 heteroatoms. The van der Waals surface area contributed by atoms with Gasteiger partial charge in [-0.3, -0.25) is 4.98 Å². The monoisotopic (exact) mass is 290 g/mol. The number of rotatable bonds is 1. The second-order valence-corrected chi connectivity index (χ2v) is 3.24. The van der Waals surface area contributed by atoms with Crippen molar-refractivity contribution in [2.45, 2.75) is 12.2 Å². The Morgan fingerprint density at radius 3 is 2.43 bits per heavy atom. The average Bonchev–Trinajstić information content (AvgIpc) is 2.02. The van der Waals surface area contributed by atoms with Gasteiger partial charge in [0.1, 0.15) is 6.04 Å². The van der Waals surface area contributed by atoms with Crippen molar-refractivity contribution >= 4 is 28.3 Å². The van der Waals surface area contributed by atoms with E-state index in [0.29, 0.717) is 0 Å². The van der Waals surface area contributed by atoms with Crippen molar-refractivity contribution in [1.29, 1.82) is 0 Å². The molecule has 0 saturated carbocycles. The number of hydrogen-bond donors (Lipinski definition) is 1. The minimum atomic E-state index is -4.46. The highest BCUT2D eigenvalue weighted by Crippen LogP contribution is 2.32. The number of aromatic nitrogens is 1. The summed E-state index contributed by atoms with van der Waals surface area (Å²) in [6, 6.07) is 0.952. The molecule has 0 aromatic carbocycles. The Morgan fingerprint density at radius 1 is 1.43 bits per heavy atom. The number of nitrogens with two attached hydrogens (primary N) is 1. The van der Waals surface area contributed by atoms with Crippen LogP contribution in [0.15, 0.2) is 22.8 Å². The maximum absolute atomic E-state index is 12.1. The molecule has 80 valence electrons. The summed E-state index contributed by atoms with van der Waals surface area (Å²) in [4.78, 5) is 3.55. The third kappa shape index (κ3) is 3.11. The van der Waals surface area contributed by atoms with Crippen LogP contribution in [0.1, 0.15) is 11.7 Å². The van der Waals surface area contributed by atoms with Crippen molar-refractivity contribution < 1.29 is 13.2 Å². The lowest BCUT2D eigenvalue weighted by Crippen LogP contribution is -2.29. The van der Waals surface area contributed by atoms with Crippen LogP contribution in [0, 0.1) is 0 Å². The van der Waals surface area contributed by atoms with Gasteiger partial charge in [0, 0.05) is 10.7 Å². The van der Waals surface area contributed by atoms with Crippen molar-refractivity contribution in [3.8, 4) is 0 Å². The molecular formula is C7H7BrClF3N2. The van der Waals surface area contributed by atoms with E-state index in [1.807, 2.05) is 0 Å². The molecule has 0 aliphatic rings. The molecule has 0 unspecified atom stereocenters. The van der Waals surface area contributed by atoms with Crippen molar-refractivity contribution in [3.63, 3.8) is 0 Å². The molecule has 0 bridgehead atoms. The lowest BCUT2D eigenvalue weighted by Gasteiger charge is -2.15. The Bertz CT molecular complexity index is 305. The van der Waals surface area contributed by atoms with E-state index in [0.717, 1.165) is 0 Å². The maximum Gasteiger partial charge on any atom is 0.409 e. The zero-order valence-electron chi connectivity index (χ0n) is 6.75. The Balaban J connectivity index is 0.00000169. The fourth-order valence-electron chi connectivity index (χ4n) is 0.782. The quantitative estimate of drug-likeness (QED) is 0.864. The molecule has 0 aliphatic carbocycles. The molecule has 1 heterocycles. The molecule has 0 fully saturated rings. The van der Waals surface area contributed by atoms with E-state index in [1.54, 1.807) is 0 Å². The summed E-state index contributed by atoms with van der Waals surface area (Å²) in [5.74, 6) is 0. The van der Waals surface area contributed by atoms with E-state index in [1.165, 1.54) is 18.3 Å².